The molecule has 2 aromatic rings. The van der Waals surface area contributed by atoms with E-state index >= 15 is 0 Å². The number of aromatic nitrogens is 1. The van der Waals surface area contributed by atoms with E-state index in [-0.39, 0.29) is 10.9 Å². The SMILES string of the molecule is CC(C)N1[C@H](Cc2ccncc2)[C@@H](O)c2ccccc2S1(=O)=O. The molecule has 5 nitrogen and oxygen atoms in total. The van der Waals surface area contributed by atoms with Crippen molar-refractivity contribution in [2.45, 2.75) is 43.4 Å². The van der Waals surface area contributed by atoms with E-state index in [4.69, 9.17) is 0 Å². The molecule has 6 heteroatoms. The van der Waals surface area contributed by atoms with Crippen LogP contribution in [0.5, 0.6) is 0 Å². The lowest BCUT2D eigenvalue weighted by atomic mass is 9.95. The maximum atomic E-state index is 13.0. The van der Waals surface area contributed by atoms with Gasteiger partial charge in [-0.1, -0.05) is 18.2 Å². The van der Waals surface area contributed by atoms with Crippen LogP contribution in [0.3, 0.4) is 0 Å². The van der Waals surface area contributed by atoms with Crippen LogP contribution in [0.15, 0.2) is 53.7 Å². The number of sulfonamides is 1. The molecule has 122 valence electrons. The van der Waals surface area contributed by atoms with Crippen LogP contribution in [0.2, 0.25) is 0 Å². The van der Waals surface area contributed by atoms with Crippen molar-refractivity contribution in [3.05, 3.63) is 59.9 Å². The van der Waals surface area contributed by atoms with E-state index in [1.54, 1.807) is 36.7 Å². The first kappa shape index (κ1) is 16.1. The zero-order valence-corrected chi connectivity index (χ0v) is 13.9. The summed E-state index contributed by atoms with van der Waals surface area (Å²) in [5.74, 6) is 0. The van der Waals surface area contributed by atoms with E-state index < -0.39 is 22.2 Å². The highest BCUT2D eigenvalue weighted by atomic mass is 32.2. The summed E-state index contributed by atoms with van der Waals surface area (Å²) >= 11 is 0. The number of benzene rings is 1. The quantitative estimate of drug-likeness (QED) is 0.935. The third-order valence-electron chi connectivity index (χ3n) is 4.19. The minimum Gasteiger partial charge on any atom is -0.387 e. The molecular weight excluding hydrogens is 312 g/mol. The monoisotopic (exact) mass is 332 g/mol. The lowest BCUT2D eigenvalue weighted by Gasteiger charge is -2.41. The summed E-state index contributed by atoms with van der Waals surface area (Å²) in [5.41, 5.74) is 1.42. The van der Waals surface area contributed by atoms with Gasteiger partial charge in [0, 0.05) is 24.0 Å². The Labute approximate surface area is 136 Å². The predicted molar refractivity (Wildman–Crippen MR) is 87.3 cm³/mol. The van der Waals surface area contributed by atoms with Gasteiger partial charge in [0.15, 0.2) is 0 Å². The molecule has 2 atom stereocenters. The minimum absolute atomic E-state index is 0.201. The van der Waals surface area contributed by atoms with E-state index in [0.29, 0.717) is 12.0 Å². The zero-order chi connectivity index (χ0) is 16.6. The molecule has 0 radical (unpaired) electrons. The standard InChI is InChI=1S/C17H20N2O3S/c1-12(2)19-15(11-13-7-9-18-10-8-13)17(20)14-5-3-4-6-16(14)23(19,21)22/h3-10,12,15,17,20H,11H2,1-2H3/t15-,17+/m1/s1. The molecule has 1 aromatic heterocycles. The van der Waals surface area contributed by atoms with Gasteiger partial charge in [0.25, 0.3) is 0 Å². The maximum absolute atomic E-state index is 13.0. The maximum Gasteiger partial charge on any atom is 0.244 e. The first-order valence-electron chi connectivity index (χ1n) is 7.62. The van der Waals surface area contributed by atoms with Crippen LogP contribution in [0, 0.1) is 0 Å². The Kier molecular flexibility index (Phi) is 4.23. The van der Waals surface area contributed by atoms with Gasteiger partial charge in [0.2, 0.25) is 10.0 Å². The van der Waals surface area contributed by atoms with Crippen LogP contribution in [0.1, 0.15) is 31.1 Å². The second kappa shape index (κ2) is 6.03. The first-order valence-corrected chi connectivity index (χ1v) is 9.06. The van der Waals surface area contributed by atoms with Gasteiger partial charge in [-0.3, -0.25) is 4.98 Å². The van der Waals surface area contributed by atoms with Crippen molar-refractivity contribution in [3.63, 3.8) is 0 Å². The summed E-state index contributed by atoms with van der Waals surface area (Å²) < 4.78 is 27.4. The van der Waals surface area contributed by atoms with E-state index in [2.05, 4.69) is 4.98 Å². The number of hydrogen-bond donors (Lipinski definition) is 1. The van der Waals surface area contributed by atoms with Crippen molar-refractivity contribution in [1.82, 2.24) is 9.29 Å². The van der Waals surface area contributed by atoms with Crippen LogP contribution >= 0.6 is 0 Å². The molecular formula is C17H20N2O3S. The second-order valence-corrected chi connectivity index (χ2v) is 7.85. The van der Waals surface area contributed by atoms with Gasteiger partial charge in [-0.25, -0.2) is 8.42 Å². The highest BCUT2D eigenvalue weighted by molar-refractivity contribution is 7.89. The molecule has 1 aliphatic rings. The van der Waals surface area contributed by atoms with Gasteiger partial charge in [-0.15, -0.1) is 0 Å². The van der Waals surface area contributed by atoms with E-state index in [1.807, 2.05) is 26.0 Å². The molecule has 0 bridgehead atoms. The molecule has 1 aliphatic heterocycles. The molecule has 0 fully saturated rings. The molecule has 3 rings (SSSR count). The third-order valence-corrected chi connectivity index (χ3v) is 6.36. The molecule has 1 aromatic carbocycles. The lowest BCUT2D eigenvalue weighted by Crippen LogP contribution is -2.52. The third kappa shape index (κ3) is 2.78. The average molecular weight is 332 g/mol. The number of fused-ring (bicyclic) bond motifs is 1. The summed E-state index contributed by atoms with van der Waals surface area (Å²) in [7, 11) is -3.63. The van der Waals surface area contributed by atoms with E-state index in [9.17, 15) is 13.5 Å². The van der Waals surface area contributed by atoms with Gasteiger partial charge in [0.1, 0.15) is 0 Å². The van der Waals surface area contributed by atoms with Crippen LogP contribution in [-0.2, 0) is 16.4 Å². The topological polar surface area (TPSA) is 70.5 Å². The molecule has 0 spiro atoms. The fraction of sp³-hybridized carbons (Fsp3) is 0.353. The van der Waals surface area contributed by atoms with Gasteiger partial charge in [-0.2, -0.15) is 4.31 Å². The number of nitrogens with zero attached hydrogens (tertiary/aromatic N) is 2. The molecule has 2 heterocycles. The first-order chi connectivity index (χ1) is 10.9. The number of aliphatic hydroxyl groups is 1. The van der Waals surface area contributed by atoms with Crippen LogP contribution in [-0.4, -0.2) is 34.9 Å². The number of pyridine rings is 1. The highest BCUT2D eigenvalue weighted by Gasteiger charge is 2.44. The number of hydrogen-bond acceptors (Lipinski definition) is 4. The molecule has 1 N–H and O–H groups in total. The van der Waals surface area contributed by atoms with Gasteiger partial charge in [0.05, 0.1) is 17.0 Å². The van der Waals surface area contributed by atoms with Crippen molar-refractivity contribution in [2.75, 3.05) is 0 Å². The fourth-order valence-electron chi connectivity index (χ4n) is 3.22. The van der Waals surface area contributed by atoms with Crippen molar-refractivity contribution < 1.29 is 13.5 Å². The largest absolute Gasteiger partial charge is 0.387 e. The molecule has 0 aliphatic carbocycles. The second-order valence-electron chi connectivity index (χ2n) is 6.04. The van der Waals surface area contributed by atoms with Crippen molar-refractivity contribution in [3.8, 4) is 0 Å². The molecule has 0 amide bonds. The van der Waals surface area contributed by atoms with Gasteiger partial charge >= 0.3 is 0 Å². The summed E-state index contributed by atoms with van der Waals surface area (Å²) in [5, 5.41) is 10.8. The number of aliphatic hydroxyl groups excluding tert-OH is 1. The fourth-order valence-corrected chi connectivity index (χ4v) is 5.29. The van der Waals surface area contributed by atoms with Crippen LogP contribution < -0.4 is 0 Å². The average Bonchev–Trinajstić information content (AvgIpc) is 2.53. The zero-order valence-electron chi connectivity index (χ0n) is 13.1. The predicted octanol–water partition coefficient (Wildman–Crippen LogP) is 2.14. The van der Waals surface area contributed by atoms with Gasteiger partial charge in [-0.05, 0) is 44.0 Å². The minimum atomic E-state index is -3.63. The number of rotatable bonds is 3. The molecule has 23 heavy (non-hydrogen) atoms. The summed E-state index contributed by atoms with van der Waals surface area (Å²) in [4.78, 5) is 4.18. The normalized spacial score (nSPS) is 23.7. The van der Waals surface area contributed by atoms with Gasteiger partial charge < -0.3 is 5.11 Å². The Morgan fingerprint density at radius 2 is 1.83 bits per heavy atom. The lowest BCUT2D eigenvalue weighted by molar-refractivity contribution is 0.0685. The highest BCUT2D eigenvalue weighted by Crippen LogP contribution is 2.39. The van der Waals surface area contributed by atoms with Crippen LogP contribution in [0.4, 0.5) is 0 Å². The molecule has 0 unspecified atom stereocenters. The van der Waals surface area contributed by atoms with Crippen molar-refractivity contribution in [1.29, 1.82) is 0 Å². The summed E-state index contributed by atoms with van der Waals surface area (Å²) in [6.45, 7) is 3.66. The Morgan fingerprint density at radius 3 is 2.48 bits per heavy atom. The Bertz CT molecular complexity index is 790. The van der Waals surface area contributed by atoms with Crippen molar-refractivity contribution in [2.24, 2.45) is 0 Å². The summed E-state index contributed by atoms with van der Waals surface area (Å²) in [6.07, 6.45) is 2.93. The van der Waals surface area contributed by atoms with E-state index in [0.717, 1.165) is 5.56 Å². The molecule has 0 saturated carbocycles. The Balaban J connectivity index is 2.11. The van der Waals surface area contributed by atoms with Crippen molar-refractivity contribution >= 4 is 10.0 Å². The molecule has 0 saturated heterocycles. The van der Waals surface area contributed by atoms with Crippen LogP contribution in [0.25, 0.3) is 0 Å². The Hall–Kier alpha value is -1.76. The van der Waals surface area contributed by atoms with E-state index in [1.165, 1.54) is 4.31 Å². The summed E-state index contributed by atoms with van der Waals surface area (Å²) in [6, 6.07) is 9.61. The Morgan fingerprint density at radius 1 is 1.17 bits per heavy atom. The smallest absolute Gasteiger partial charge is 0.244 e.